The van der Waals surface area contributed by atoms with E-state index in [2.05, 4.69) is 10.2 Å². The fourth-order valence-electron chi connectivity index (χ4n) is 1.39. The fourth-order valence-corrected chi connectivity index (χ4v) is 1.39. The van der Waals surface area contributed by atoms with Crippen LogP contribution in [0.25, 0.3) is 0 Å². The number of rotatable bonds is 6. The Kier molecular flexibility index (Phi) is 3.50. The Labute approximate surface area is 85.8 Å². The van der Waals surface area contributed by atoms with Crippen molar-refractivity contribution in [2.45, 2.75) is 37.8 Å². The van der Waals surface area contributed by atoms with E-state index < -0.39 is 5.54 Å². The summed E-state index contributed by atoms with van der Waals surface area (Å²) >= 11 is 0. The maximum atomic E-state index is 11.3. The van der Waals surface area contributed by atoms with Crippen molar-refractivity contribution in [1.29, 1.82) is 0 Å². The van der Waals surface area contributed by atoms with E-state index in [1.807, 2.05) is 21.0 Å². The summed E-state index contributed by atoms with van der Waals surface area (Å²) in [5.74, 6) is -0.244. The van der Waals surface area contributed by atoms with E-state index in [4.69, 9.17) is 5.73 Å². The molecule has 14 heavy (non-hydrogen) atoms. The molecule has 3 N–H and O–H groups in total. The molecule has 0 aromatic heterocycles. The van der Waals surface area contributed by atoms with Gasteiger partial charge in [-0.2, -0.15) is 0 Å². The van der Waals surface area contributed by atoms with Crippen molar-refractivity contribution in [1.82, 2.24) is 10.2 Å². The number of carbonyl (C=O) groups is 1. The van der Waals surface area contributed by atoms with Gasteiger partial charge in [-0.1, -0.05) is 0 Å². The Morgan fingerprint density at radius 1 is 1.57 bits per heavy atom. The first-order chi connectivity index (χ1) is 6.44. The molecule has 1 rings (SSSR count). The van der Waals surface area contributed by atoms with Crippen molar-refractivity contribution in [2.75, 3.05) is 20.6 Å². The molecule has 1 saturated carbocycles. The number of primary amides is 1. The molecule has 1 atom stereocenters. The molecular formula is C10H21N3O. The van der Waals surface area contributed by atoms with Crippen LogP contribution in [0, 0.1) is 0 Å². The second-order valence-electron chi connectivity index (χ2n) is 4.67. The number of amides is 1. The number of carbonyl (C=O) groups excluding carboxylic acids is 1. The Bertz CT molecular complexity index is 213. The maximum absolute atomic E-state index is 11.3. The lowest BCUT2D eigenvalue weighted by Crippen LogP contribution is -2.55. The first-order valence-corrected chi connectivity index (χ1v) is 5.16. The SMILES string of the molecule is CN(C)CCC(C)(NC1CC1)C(N)=O. The van der Waals surface area contributed by atoms with Crippen LogP contribution in [0.3, 0.4) is 0 Å². The third kappa shape index (κ3) is 3.27. The summed E-state index contributed by atoms with van der Waals surface area (Å²) in [6, 6.07) is 0.509. The zero-order chi connectivity index (χ0) is 10.8. The molecule has 4 heteroatoms. The van der Waals surface area contributed by atoms with Gasteiger partial charge in [0.05, 0.1) is 5.54 Å². The summed E-state index contributed by atoms with van der Waals surface area (Å²) in [5.41, 5.74) is 4.88. The number of nitrogens with one attached hydrogen (secondary N) is 1. The Balaban J connectivity index is 2.46. The van der Waals surface area contributed by atoms with Gasteiger partial charge in [0.25, 0.3) is 0 Å². The highest BCUT2D eigenvalue weighted by molar-refractivity contribution is 5.84. The van der Waals surface area contributed by atoms with Gasteiger partial charge in [0.2, 0.25) is 5.91 Å². The minimum Gasteiger partial charge on any atom is -0.368 e. The van der Waals surface area contributed by atoms with Crippen LogP contribution >= 0.6 is 0 Å². The highest BCUT2D eigenvalue weighted by Crippen LogP contribution is 2.23. The zero-order valence-corrected chi connectivity index (χ0v) is 9.34. The summed E-state index contributed by atoms with van der Waals surface area (Å²) < 4.78 is 0. The quantitative estimate of drug-likeness (QED) is 0.630. The number of hydrogen-bond acceptors (Lipinski definition) is 3. The van der Waals surface area contributed by atoms with Crippen molar-refractivity contribution < 1.29 is 4.79 Å². The van der Waals surface area contributed by atoms with Crippen molar-refractivity contribution >= 4 is 5.91 Å². The molecule has 1 aliphatic carbocycles. The van der Waals surface area contributed by atoms with Crippen LogP contribution in [0.1, 0.15) is 26.2 Å². The van der Waals surface area contributed by atoms with Crippen molar-refractivity contribution in [3.63, 3.8) is 0 Å². The largest absolute Gasteiger partial charge is 0.368 e. The van der Waals surface area contributed by atoms with E-state index in [-0.39, 0.29) is 5.91 Å². The van der Waals surface area contributed by atoms with E-state index in [0.717, 1.165) is 13.0 Å². The van der Waals surface area contributed by atoms with E-state index in [9.17, 15) is 4.79 Å². The summed E-state index contributed by atoms with van der Waals surface area (Å²) in [4.78, 5) is 13.4. The van der Waals surface area contributed by atoms with E-state index in [0.29, 0.717) is 6.04 Å². The van der Waals surface area contributed by atoms with Crippen LogP contribution in [0.2, 0.25) is 0 Å². The summed E-state index contributed by atoms with van der Waals surface area (Å²) in [6.45, 7) is 2.77. The standard InChI is InChI=1S/C10H21N3O/c1-10(9(11)14,6-7-13(2)3)12-8-4-5-8/h8,12H,4-7H2,1-3H3,(H2,11,14). The molecule has 0 saturated heterocycles. The first-order valence-electron chi connectivity index (χ1n) is 5.16. The molecule has 82 valence electrons. The summed E-state index contributed by atoms with van der Waals surface area (Å²) in [5, 5.41) is 3.32. The fraction of sp³-hybridized carbons (Fsp3) is 0.900. The molecular weight excluding hydrogens is 178 g/mol. The van der Waals surface area contributed by atoms with Crippen LogP contribution in [-0.2, 0) is 4.79 Å². The molecule has 0 aromatic carbocycles. The highest BCUT2D eigenvalue weighted by atomic mass is 16.1. The second kappa shape index (κ2) is 4.28. The Hall–Kier alpha value is -0.610. The number of hydrogen-bond donors (Lipinski definition) is 2. The Morgan fingerprint density at radius 3 is 2.50 bits per heavy atom. The summed E-state index contributed by atoms with van der Waals surface area (Å²) in [6.07, 6.45) is 3.11. The van der Waals surface area contributed by atoms with Gasteiger partial charge in [0, 0.05) is 6.04 Å². The van der Waals surface area contributed by atoms with Crippen molar-refractivity contribution in [2.24, 2.45) is 5.73 Å². The lowest BCUT2D eigenvalue weighted by Gasteiger charge is -2.28. The van der Waals surface area contributed by atoms with Gasteiger partial charge in [-0.05, 0) is 46.8 Å². The molecule has 0 heterocycles. The van der Waals surface area contributed by atoms with Gasteiger partial charge in [-0.3, -0.25) is 4.79 Å². The van der Waals surface area contributed by atoms with Crippen molar-refractivity contribution in [3.8, 4) is 0 Å². The van der Waals surface area contributed by atoms with Gasteiger partial charge in [-0.15, -0.1) is 0 Å². The van der Waals surface area contributed by atoms with Gasteiger partial charge in [0.1, 0.15) is 0 Å². The lowest BCUT2D eigenvalue weighted by atomic mass is 9.96. The maximum Gasteiger partial charge on any atom is 0.237 e. The van der Waals surface area contributed by atoms with Crippen LogP contribution in [0.15, 0.2) is 0 Å². The van der Waals surface area contributed by atoms with Crippen molar-refractivity contribution in [3.05, 3.63) is 0 Å². The van der Waals surface area contributed by atoms with Gasteiger partial charge in [0.15, 0.2) is 0 Å². The van der Waals surface area contributed by atoms with Gasteiger partial charge >= 0.3 is 0 Å². The van der Waals surface area contributed by atoms with Gasteiger partial charge in [-0.25, -0.2) is 0 Å². The van der Waals surface area contributed by atoms with Crippen LogP contribution in [-0.4, -0.2) is 43.0 Å². The lowest BCUT2D eigenvalue weighted by molar-refractivity contribution is -0.124. The predicted molar refractivity (Wildman–Crippen MR) is 56.9 cm³/mol. The molecule has 0 aromatic rings. The molecule has 0 aliphatic heterocycles. The summed E-state index contributed by atoms with van der Waals surface area (Å²) in [7, 11) is 4.00. The molecule has 0 bridgehead atoms. The molecule has 1 fully saturated rings. The number of nitrogens with zero attached hydrogens (tertiary/aromatic N) is 1. The van der Waals surface area contributed by atoms with Crippen LogP contribution < -0.4 is 11.1 Å². The zero-order valence-electron chi connectivity index (χ0n) is 9.34. The predicted octanol–water partition coefficient (Wildman–Crippen LogP) is -0.0659. The highest BCUT2D eigenvalue weighted by Gasteiger charge is 2.36. The van der Waals surface area contributed by atoms with E-state index in [1.165, 1.54) is 12.8 Å². The molecule has 0 radical (unpaired) electrons. The smallest absolute Gasteiger partial charge is 0.237 e. The topological polar surface area (TPSA) is 58.4 Å². The van der Waals surface area contributed by atoms with E-state index in [1.54, 1.807) is 0 Å². The van der Waals surface area contributed by atoms with Gasteiger partial charge < -0.3 is 16.0 Å². The molecule has 1 aliphatic rings. The molecule has 1 unspecified atom stereocenters. The monoisotopic (exact) mass is 199 g/mol. The molecule has 4 nitrogen and oxygen atoms in total. The minimum atomic E-state index is -0.536. The first kappa shape index (κ1) is 11.5. The average molecular weight is 199 g/mol. The van der Waals surface area contributed by atoms with E-state index >= 15 is 0 Å². The van der Waals surface area contributed by atoms with Crippen LogP contribution in [0.5, 0.6) is 0 Å². The second-order valence-corrected chi connectivity index (χ2v) is 4.67. The average Bonchev–Trinajstić information content (AvgIpc) is 2.84. The van der Waals surface area contributed by atoms with Crippen LogP contribution in [0.4, 0.5) is 0 Å². The normalized spacial score (nSPS) is 20.9. The third-order valence-electron chi connectivity index (χ3n) is 2.70. The Morgan fingerprint density at radius 2 is 2.14 bits per heavy atom. The number of nitrogens with two attached hydrogens (primary N) is 1. The minimum absolute atomic E-state index is 0.244. The molecule has 0 spiro atoms. The molecule has 1 amide bonds. The third-order valence-corrected chi connectivity index (χ3v) is 2.70.